The fourth-order valence-electron chi connectivity index (χ4n) is 2.93. The Bertz CT molecular complexity index is 798. The standard InChI is InChI=1S/C19H23N3O2S/c1-12(2)10-17(23)22-9-8-15-16(11-22)25-19(20-15)21-18(24)14-7-5-4-6-13(14)3/h4-7,12H,8-11H2,1-3H3,(H,20,21,24). The minimum absolute atomic E-state index is 0.142. The molecule has 1 N–H and O–H groups in total. The van der Waals surface area contributed by atoms with Crippen LogP contribution in [0.15, 0.2) is 24.3 Å². The molecule has 0 unspecified atom stereocenters. The molecule has 0 aliphatic carbocycles. The summed E-state index contributed by atoms with van der Waals surface area (Å²) < 4.78 is 0. The van der Waals surface area contributed by atoms with Crippen LogP contribution in [0.25, 0.3) is 0 Å². The number of aromatic nitrogens is 1. The summed E-state index contributed by atoms with van der Waals surface area (Å²) in [4.78, 5) is 32.2. The highest BCUT2D eigenvalue weighted by Crippen LogP contribution is 2.29. The first-order chi connectivity index (χ1) is 11.9. The summed E-state index contributed by atoms with van der Waals surface area (Å²) in [5.74, 6) is 0.413. The molecule has 0 bridgehead atoms. The van der Waals surface area contributed by atoms with Gasteiger partial charge in [-0.25, -0.2) is 4.98 Å². The van der Waals surface area contributed by atoms with E-state index in [0.717, 1.165) is 22.6 Å². The Morgan fingerprint density at radius 3 is 2.80 bits per heavy atom. The summed E-state index contributed by atoms with van der Waals surface area (Å²) in [7, 11) is 0. The first kappa shape index (κ1) is 17.6. The fraction of sp³-hybridized carbons (Fsp3) is 0.421. The Morgan fingerprint density at radius 1 is 1.32 bits per heavy atom. The lowest BCUT2D eigenvalue weighted by Crippen LogP contribution is -2.36. The highest BCUT2D eigenvalue weighted by atomic mass is 32.1. The minimum atomic E-state index is -0.142. The van der Waals surface area contributed by atoms with E-state index >= 15 is 0 Å². The van der Waals surface area contributed by atoms with Gasteiger partial charge < -0.3 is 4.90 Å². The Kier molecular flexibility index (Phi) is 5.18. The van der Waals surface area contributed by atoms with Crippen LogP contribution in [-0.4, -0.2) is 28.2 Å². The van der Waals surface area contributed by atoms with Crippen molar-refractivity contribution in [1.82, 2.24) is 9.88 Å². The Hall–Kier alpha value is -2.21. The second-order valence-corrected chi connectivity index (χ2v) is 7.90. The van der Waals surface area contributed by atoms with Crippen LogP contribution in [0.4, 0.5) is 5.13 Å². The lowest BCUT2D eigenvalue weighted by molar-refractivity contribution is -0.132. The summed E-state index contributed by atoms with van der Waals surface area (Å²) >= 11 is 1.47. The molecular formula is C19H23N3O2S. The van der Waals surface area contributed by atoms with Gasteiger partial charge in [-0.05, 0) is 24.5 Å². The second kappa shape index (κ2) is 7.35. The van der Waals surface area contributed by atoms with E-state index in [4.69, 9.17) is 0 Å². The van der Waals surface area contributed by atoms with Crippen molar-refractivity contribution in [2.45, 2.75) is 40.2 Å². The van der Waals surface area contributed by atoms with Gasteiger partial charge in [0.15, 0.2) is 5.13 Å². The third kappa shape index (κ3) is 4.07. The van der Waals surface area contributed by atoms with Crippen molar-refractivity contribution in [2.75, 3.05) is 11.9 Å². The van der Waals surface area contributed by atoms with Crippen LogP contribution in [0.5, 0.6) is 0 Å². The number of carbonyl (C=O) groups excluding carboxylic acids is 2. The molecule has 0 fully saturated rings. The van der Waals surface area contributed by atoms with Gasteiger partial charge >= 0.3 is 0 Å². The number of carbonyl (C=O) groups is 2. The van der Waals surface area contributed by atoms with Crippen LogP contribution in [0.1, 0.15) is 46.8 Å². The number of fused-ring (bicyclic) bond motifs is 1. The zero-order valence-electron chi connectivity index (χ0n) is 14.8. The highest BCUT2D eigenvalue weighted by Gasteiger charge is 2.25. The Labute approximate surface area is 152 Å². The fourth-order valence-corrected chi connectivity index (χ4v) is 3.95. The second-order valence-electron chi connectivity index (χ2n) is 6.82. The number of aryl methyl sites for hydroxylation is 1. The lowest BCUT2D eigenvalue weighted by atomic mass is 10.1. The number of anilines is 1. The van der Waals surface area contributed by atoms with E-state index in [-0.39, 0.29) is 11.8 Å². The first-order valence-corrected chi connectivity index (χ1v) is 9.39. The number of benzene rings is 1. The number of rotatable bonds is 4. The van der Waals surface area contributed by atoms with Gasteiger partial charge in [-0.3, -0.25) is 14.9 Å². The van der Waals surface area contributed by atoms with Crippen molar-refractivity contribution < 1.29 is 9.59 Å². The molecule has 132 valence electrons. The van der Waals surface area contributed by atoms with Gasteiger partial charge in [-0.1, -0.05) is 43.4 Å². The lowest BCUT2D eigenvalue weighted by Gasteiger charge is -2.26. The van der Waals surface area contributed by atoms with E-state index in [1.165, 1.54) is 11.3 Å². The van der Waals surface area contributed by atoms with Gasteiger partial charge in [0, 0.05) is 29.8 Å². The highest BCUT2D eigenvalue weighted by molar-refractivity contribution is 7.15. The summed E-state index contributed by atoms with van der Waals surface area (Å²) in [6, 6.07) is 7.49. The zero-order valence-corrected chi connectivity index (χ0v) is 15.7. The summed E-state index contributed by atoms with van der Waals surface area (Å²) in [5.41, 5.74) is 2.59. The number of nitrogens with zero attached hydrogens (tertiary/aromatic N) is 2. The molecule has 0 saturated carbocycles. The molecular weight excluding hydrogens is 334 g/mol. The molecule has 0 radical (unpaired) electrons. The SMILES string of the molecule is Cc1ccccc1C(=O)Nc1nc2c(s1)CN(C(=O)CC(C)C)CC2. The molecule has 2 aromatic rings. The summed E-state index contributed by atoms with van der Waals surface area (Å²) in [5, 5.41) is 3.51. The third-order valence-electron chi connectivity index (χ3n) is 4.28. The molecule has 1 aliphatic rings. The largest absolute Gasteiger partial charge is 0.337 e. The van der Waals surface area contributed by atoms with Crippen LogP contribution in [0, 0.1) is 12.8 Å². The van der Waals surface area contributed by atoms with Crippen molar-refractivity contribution >= 4 is 28.3 Å². The van der Waals surface area contributed by atoms with E-state index in [1.54, 1.807) is 0 Å². The number of thiazole rings is 1. The summed E-state index contributed by atoms with van der Waals surface area (Å²) in [6.45, 7) is 7.32. The van der Waals surface area contributed by atoms with Gasteiger partial charge in [0.2, 0.25) is 5.91 Å². The van der Waals surface area contributed by atoms with Crippen molar-refractivity contribution in [3.8, 4) is 0 Å². The quantitative estimate of drug-likeness (QED) is 0.909. The van der Waals surface area contributed by atoms with Gasteiger partial charge in [-0.2, -0.15) is 0 Å². The molecule has 3 rings (SSSR count). The number of nitrogens with one attached hydrogen (secondary N) is 1. The predicted molar refractivity (Wildman–Crippen MR) is 99.8 cm³/mol. The van der Waals surface area contributed by atoms with E-state index in [1.807, 2.05) is 36.1 Å². The van der Waals surface area contributed by atoms with E-state index in [0.29, 0.717) is 36.1 Å². The van der Waals surface area contributed by atoms with Crippen LogP contribution < -0.4 is 5.32 Å². The van der Waals surface area contributed by atoms with Crippen LogP contribution in [0.3, 0.4) is 0 Å². The van der Waals surface area contributed by atoms with Crippen molar-refractivity contribution in [3.05, 3.63) is 46.0 Å². The molecule has 0 atom stereocenters. The van der Waals surface area contributed by atoms with Crippen LogP contribution in [0.2, 0.25) is 0 Å². The first-order valence-electron chi connectivity index (χ1n) is 8.57. The van der Waals surface area contributed by atoms with Crippen molar-refractivity contribution in [3.63, 3.8) is 0 Å². The Balaban J connectivity index is 1.69. The smallest absolute Gasteiger partial charge is 0.257 e. The third-order valence-corrected chi connectivity index (χ3v) is 5.27. The maximum absolute atomic E-state index is 12.4. The normalized spacial score (nSPS) is 13.7. The number of hydrogen-bond acceptors (Lipinski definition) is 4. The van der Waals surface area contributed by atoms with Gasteiger partial charge in [0.1, 0.15) is 0 Å². The average molecular weight is 357 g/mol. The average Bonchev–Trinajstić information content (AvgIpc) is 2.95. The molecule has 2 amide bonds. The van der Waals surface area contributed by atoms with Gasteiger partial charge in [0.05, 0.1) is 12.2 Å². The molecule has 1 aliphatic heterocycles. The van der Waals surface area contributed by atoms with E-state index in [2.05, 4.69) is 24.1 Å². The number of hydrogen-bond donors (Lipinski definition) is 1. The molecule has 25 heavy (non-hydrogen) atoms. The number of amides is 2. The van der Waals surface area contributed by atoms with Crippen molar-refractivity contribution in [1.29, 1.82) is 0 Å². The maximum atomic E-state index is 12.4. The Morgan fingerprint density at radius 2 is 2.08 bits per heavy atom. The molecule has 2 heterocycles. The topological polar surface area (TPSA) is 62.3 Å². The van der Waals surface area contributed by atoms with Crippen LogP contribution in [-0.2, 0) is 17.8 Å². The van der Waals surface area contributed by atoms with E-state index in [9.17, 15) is 9.59 Å². The van der Waals surface area contributed by atoms with Gasteiger partial charge in [-0.15, -0.1) is 0 Å². The molecule has 6 heteroatoms. The minimum Gasteiger partial charge on any atom is -0.337 e. The summed E-state index contributed by atoms with van der Waals surface area (Å²) in [6.07, 6.45) is 1.32. The van der Waals surface area contributed by atoms with Crippen molar-refractivity contribution in [2.24, 2.45) is 5.92 Å². The van der Waals surface area contributed by atoms with Crippen LogP contribution >= 0.6 is 11.3 Å². The molecule has 1 aromatic carbocycles. The predicted octanol–water partition coefficient (Wildman–Crippen LogP) is 3.63. The van der Waals surface area contributed by atoms with E-state index < -0.39 is 0 Å². The molecule has 1 aromatic heterocycles. The maximum Gasteiger partial charge on any atom is 0.257 e. The monoisotopic (exact) mass is 357 g/mol. The molecule has 0 saturated heterocycles. The van der Waals surface area contributed by atoms with Gasteiger partial charge in [0.25, 0.3) is 5.91 Å². The zero-order chi connectivity index (χ0) is 18.0. The molecule has 5 nitrogen and oxygen atoms in total. The molecule has 0 spiro atoms.